The summed E-state index contributed by atoms with van der Waals surface area (Å²) in [6, 6.07) is 0. The average molecular weight is 244 g/mol. The molecule has 0 aromatic heterocycles. The van der Waals surface area contributed by atoms with Crippen molar-refractivity contribution in [3.05, 3.63) is 0 Å². The third-order valence-corrected chi connectivity index (χ3v) is 4.45. The van der Waals surface area contributed by atoms with Crippen molar-refractivity contribution in [3.63, 3.8) is 0 Å². The van der Waals surface area contributed by atoms with Gasteiger partial charge in [0, 0.05) is 25.4 Å². The van der Waals surface area contributed by atoms with Crippen molar-refractivity contribution in [2.24, 2.45) is 0 Å². The maximum Gasteiger partial charge on any atom is 0.0707 e. The van der Waals surface area contributed by atoms with Crippen molar-refractivity contribution in [2.45, 2.75) is 31.5 Å². The van der Waals surface area contributed by atoms with E-state index in [-0.39, 0.29) is 0 Å². The maximum absolute atomic E-state index is 6.03. The summed E-state index contributed by atoms with van der Waals surface area (Å²) in [6.45, 7) is 4.68. The highest BCUT2D eigenvalue weighted by Crippen LogP contribution is 2.21. The van der Waals surface area contributed by atoms with Crippen LogP contribution < -0.4 is 5.32 Å². The minimum absolute atomic E-state index is 0.455. The quantitative estimate of drug-likeness (QED) is 0.803. The molecule has 2 rings (SSSR count). The highest BCUT2D eigenvalue weighted by atomic mass is 32.2. The highest BCUT2D eigenvalue weighted by molar-refractivity contribution is 7.99. The third-order valence-electron chi connectivity index (χ3n) is 3.40. The van der Waals surface area contributed by atoms with E-state index in [0.717, 1.165) is 13.1 Å². The summed E-state index contributed by atoms with van der Waals surface area (Å²) >= 11 is 2.09. The van der Waals surface area contributed by atoms with Gasteiger partial charge in [0.2, 0.25) is 0 Å². The van der Waals surface area contributed by atoms with Crippen LogP contribution in [-0.2, 0) is 4.74 Å². The summed E-state index contributed by atoms with van der Waals surface area (Å²) in [5.41, 5.74) is 0. The molecule has 2 heterocycles. The van der Waals surface area contributed by atoms with Crippen molar-refractivity contribution in [1.82, 2.24) is 10.2 Å². The molecule has 94 valence electrons. The molecule has 0 saturated carbocycles. The fourth-order valence-corrected chi connectivity index (χ4v) is 3.49. The molecule has 2 fully saturated rings. The first-order chi connectivity index (χ1) is 7.88. The van der Waals surface area contributed by atoms with E-state index in [0.29, 0.717) is 12.2 Å². The van der Waals surface area contributed by atoms with Crippen molar-refractivity contribution in [3.8, 4) is 0 Å². The molecule has 2 unspecified atom stereocenters. The number of nitrogens with zero attached hydrogens (tertiary/aromatic N) is 1. The average Bonchev–Trinajstić information content (AvgIpc) is 2.56. The lowest BCUT2D eigenvalue weighted by atomic mass is 10.2. The Morgan fingerprint density at radius 3 is 3.00 bits per heavy atom. The molecule has 0 amide bonds. The number of rotatable bonds is 4. The van der Waals surface area contributed by atoms with Crippen molar-refractivity contribution < 1.29 is 4.74 Å². The Labute approximate surface area is 103 Å². The van der Waals surface area contributed by atoms with Crippen LogP contribution in [0.3, 0.4) is 0 Å². The van der Waals surface area contributed by atoms with E-state index in [2.05, 4.69) is 22.0 Å². The van der Waals surface area contributed by atoms with E-state index < -0.39 is 0 Å². The van der Waals surface area contributed by atoms with Gasteiger partial charge in [-0.05, 0) is 38.6 Å². The van der Waals surface area contributed by atoms with Crippen LogP contribution in [-0.4, -0.2) is 61.8 Å². The molecule has 0 aromatic rings. The highest BCUT2D eigenvalue weighted by Gasteiger charge is 2.26. The smallest absolute Gasteiger partial charge is 0.0707 e. The molecule has 4 heteroatoms. The molecule has 16 heavy (non-hydrogen) atoms. The van der Waals surface area contributed by atoms with Crippen molar-refractivity contribution >= 4 is 11.8 Å². The predicted octanol–water partition coefficient (Wildman–Crippen LogP) is 1.19. The Balaban J connectivity index is 1.69. The van der Waals surface area contributed by atoms with Gasteiger partial charge in [-0.25, -0.2) is 0 Å². The predicted molar refractivity (Wildman–Crippen MR) is 70.2 cm³/mol. The zero-order valence-corrected chi connectivity index (χ0v) is 11.1. The van der Waals surface area contributed by atoms with Crippen LogP contribution in [0.15, 0.2) is 0 Å². The second kappa shape index (κ2) is 6.84. The zero-order chi connectivity index (χ0) is 11.2. The van der Waals surface area contributed by atoms with Gasteiger partial charge in [0.1, 0.15) is 0 Å². The number of hydrogen-bond acceptors (Lipinski definition) is 4. The van der Waals surface area contributed by atoms with Gasteiger partial charge in [-0.2, -0.15) is 11.8 Å². The van der Waals surface area contributed by atoms with Gasteiger partial charge >= 0.3 is 0 Å². The Morgan fingerprint density at radius 1 is 1.25 bits per heavy atom. The van der Waals surface area contributed by atoms with E-state index in [1.54, 1.807) is 0 Å². The topological polar surface area (TPSA) is 24.5 Å². The largest absolute Gasteiger partial charge is 0.372 e. The van der Waals surface area contributed by atoms with Crippen LogP contribution in [0.1, 0.15) is 19.3 Å². The Hall–Kier alpha value is 0.230. The molecular weight excluding hydrogens is 220 g/mol. The summed E-state index contributed by atoms with van der Waals surface area (Å²) in [5.74, 6) is 2.64. The summed E-state index contributed by atoms with van der Waals surface area (Å²) < 4.78 is 6.03. The lowest BCUT2D eigenvalue weighted by Gasteiger charge is -2.23. The molecule has 2 saturated heterocycles. The number of hydrogen-bond donors (Lipinski definition) is 1. The normalized spacial score (nSPS) is 32.8. The molecule has 0 bridgehead atoms. The number of thioether (sulfide) groups is 1. The lowest BCUT2D eigenvalue weighted by Crippen LogP contribution is -2.35. The molecular formula is C12H24N2OS. The Kier molecular flexibility index (Phi) is 5.42. The van der Waals surface area contributed by atoms with Crippen LogP contribution in [0, 0.1) is 0 Å². The molecule has 0 radical (unpaired) electrons. The first-order valence-corrected chi connectivity index (χ1v) is 7.64. The maximum atomic E-state index is 6.03. The van der Waals surface area contributed by atoms with Gasteiger partial charge < -0.3 is 10.1 Å². The first kappa shape index (κ1) is 12.7. The fraction of sp³-hybridized carbons (Fsp3) is 1.00. The van der Waals surface area contributed by atoms with E-state index in [1.807, 2.05) is 7.05 Å². The molecule has 2 aliphatic heterocycles. The van der Waals surface area contributed by atoms with Gasteiger partial charge in [-0.3, -0.25) is 4.90 Å². The van der Waals surface area contributed by atoms with Gasteiger partial charge in [0.25, 0.3) is 0 Å². The van der Waals surface area contributed by atoms with Crippen molar-refractivity contribution in [1.29, 1.82) is 0 Å². The number of likely N-dealkylation sites (N-methyl/N-ethyl adjacent to an activating group) is 1. The Morgan fingerprint density at radius 2 is 2.12 bits per heavy atom. The van der Waals surface area contributed by atoms with Gasteiger partial charge in [-0.15, -0.1) is 0 Å². The van der Waals surface area contributed by atoms with Crippen LogP contribution in [0.5, 0.6) is 0 Å². The van der Waals surface area contributed by atoms with E-state index in [1.165, 1.54) is 43.9 Å². The molecule has 0 aliphatic carbocycles. The second-order valence-electron chi connectivity index (χ2n) is 4.78. The standard InChI is InChI=1S/C12H24N2OS/c1-13-9-11-3-4-12(15-11)10-14-5-2-7-16-8-6-14/h11-13H,2-10H2,1H3. The summed E-state index contributed by atoms with van der Waals surface area (Å²) in [4.78, 5) is 2.59. The summed E-state index contributed by atoms with van der Waals surface area (Å²) in [6.07, 6.45) is 4.76. The lowest BCUT2D eigenvalue weighted by molar-refractivity contribution is 0.0256. The number of ether oxygens (including phenoxy) is 1. The summed E-state index contributed by atoms with van der Waals surface area (Å²) in [5, 5.41) is 3.20. The molecule has 0 spiro atoms. The van der Waals surface area contributed by atoms with Crippen molar-refractivity contribution in [2.75, 3.05) is 44.7 Å². The van der Waals surface area contributed by atoms with E-state index in [9.17, 15) is 0 Å². The molecule has 3 nitrogen and oxygen atoms in total. The molecule has 2 atom stereocenters. The summed E-state index contributed by atoms with van der Waals surface area (Å²) in [7, 11) is 2.00. The van der Waals surface area contributed by atoms with Crippen LogP contribution >= 0.6 is 11.8 Å². The van der Waals surface area contributed by atoms with Crippen LogP contribution in [0.25, 0.3) is 0 Å². The van der Waals surface area contributed by atoms with Gasteiger partial charge in [0.15, 0.2) is 0 Å². The molecule has 1 N–H and O–H groups in total. The van der Waals surface area contributed by atoms with E-state index >= 15 is 0 Å². The zero-order valence-electron chi connectivity index (χ0n) is 10.3. The third kappa shape index (κ3) is 3.91. The SMILES string of the molecule is CNCC1CCC(CN2CCCSCC2)O1. The van der Waals surface area contributed by atoms with E-state index in [4.69, 9.17) is 4.74 Å². The Bertz CT molecular complexity index is 195. The molecule has 0 aromatic carbocycles. The minimum atomic E-state index is 0.455. The number of nitrogens with one attached hydrogen (secondary N) is 1. The van der Waals surface area contributed by atoms with Gasteiger partial charge in [0.05, 0.1) is 12.2 Å². The van der Waals surface area contributed by atoms with Crippen LogP contribution in [0.2, 0.25) is 0 Å². The first-order valence-electron chi connectivity index (χ1n) is 6.48. The minimum Gasteiger partial charge on any atom is -0.372 e. The fourth-order valence-electron chi connectivity index (χ4n) is 2.56. The monoisotopic (exact) mass is 244 g/mol. The van der Waals surface area contributed by atoms with Gasteiger partial charge in [-0.1, -0.05) is 0 Å². The molecule has 2 aliphatic rings. The van der Waals surface area contributed by atoms with Crippen LogP contribution in [0.4, 0.5) is 0 Å². The second-order valence-corrected chi connectivity index (χ2v) is 6.01.